The Labute approximate surface area is 197 Å². The highest BCUT2D eigenvalue weighted by molar-refractivity contribution is 5.85. The zero-order valence-corrected chi connectivity index (χ0v) is 21.4. The summed E-state index contributed by atoms with van der Waals surface area (Å²) in [7, 11) is 0. The Morgan fingerprint density at radius 3 is 1.61 bits per heavy atom. The third-order valence-electron chi connectivity index (χ3n) is 4.53. The van der Waals surface area contributed by atoms with Crippen molar-refractivity contribution in [3.63, 3.8) is 0 Å². The van der Waals surface area contributed by atoms with Crippen LogP contribution >= 0.6 is 12.4 Å². The van der Waals surface area contributed by atoms with Gasteiger partial charge in [-0.2, -0.15) is 0 Å². The summed E-state index contributed by atoms with van der Waals surface area (Å²) in [4.78, 5) is 0. The molecular formula is C27H42ClN3. The van der Waals surface area contributed by atoms with Gasteiger partial charge in [-0.25, -0.2) is 9.13 Å². The fourth-order valence-corrected chi connectivity index (χ4v) is 2.73. The molecule has 0 radical (unpaired) electrons. The summed E-state index contributed by atoms with van der Waals surface area (Å²) in [6, 6.07) is 18.2. The van der Waals surface area contributed by atoms with Crippen molar-refractivity contribution in [3.05, 3.63) is 89.5 Å². The number of hydrogen-bond acceptors (Lipinski definition) is 1. The van der Waals surface area contributed by atoms with Gasteiger partial charge in [0.15, 0.2) is 0 Å². The van der Waals surface area contributed by atoms with Crippen LogP contribution < -0.4 is 4.57 Å². The lowest BCUT2D eigenvalue weighted by atomic mass is 10.1. The highest BCUT2D eigenvalue weighted by Crippen LogP contribution is 2.03. The number of nitrogens with zero attached hydrogens (tertiary/aromatic N) is 2. The molecule has 0 unspecified atom stereocenters. The van der Waals surface area contributed by atoms with Crippen molar-refractivity contribution >= 4 is 19.1 Å². The van der Waals surface area contributed by atoms with E-state index in [-0.39, 0.29) is 12.4 Å². The van der Waals surface area contributed by atoms with Gasteiger partial charge in [0, 0.05) is 0 Å². The van der Waals surface area contributed by atoms with E-state index >= 15 is 0 Å². The molecule has 0 saturated carbocycles. The molecule has 3 aromatic rings. The number of benzene rings is 2. The first kappa shape index (κ1) is 30.8. The van der Waals surface area contributed by atoms with Crippen LogP contribution in [0.2, 0.25) is 0 Å². The Morgan fingerprint density at radius 2 is 1.35 bits per heavy atom. The van der Waals surface area contributed by atoms with Gasteiger partial charge in [0.25, 0.3) is 0 Å². The van der Waals surface area contributed by atoms with Crippen LogP contribution in [0.5, 0.6) is 0 Å². The van der Waals surface area contributed by atoms with Gasteiger partial charge in [-0.3, -0.25) is 0 Å². The fourth-order valence-electron chi connectivity index (χ4n) is 2.73. The van der Waals surface area contributed by atoms with Gasteiger partial charge >= 0.3 is 0 Å². The van der Waals surface area contributed by atoms with Crippen molar-refractivity contribution in [2.45, 2.75) is 73.9 Å². The molecule has 0 spiro atoms. The first-order valence-electron chi connectivity index (χ1n) is 10.7. The SMILES string of the molecule is CC(C)n1cc[n+](C(C)C)c1.CCc1cccc(C)c1.Cc1cccc(C)c1.Cl.[CH-]=N. The van der Waals surface area contributed by atoms with Crippen LogP contribution in [0.4, 0.5) is 0 Å². The van der Waals surface area contributed by atoms with Crippen LogP contribution in [0.15, 0.2) is 67.3 Å². The summed E-state index contributed by atoms with van der Waals surface area (Å²) in [6.45, 7) is 21.0. The molecule has 2 aromatic carbocycles. The minimum Gasteiger partial charge on any atom is -0.522 e. The van der Waals surface area contributed by atoms with E-state index in [0.29, 0.717) is 12.1 Å². The molecule has 4 heteroatoms. The molecule has 0 aliphatic heterocycles. The quantitative estimate of drug-likeness (QED) is 0.249. The standard InChI is InChI=1S/C9H17N2.C9H12.C8H10.CH2N.ClH/c1-8(2)10-5-6-11(7-10)9(3)4;1-3-9-6-4-5-8(2)7-9;1-7-4-3-5-8(2)6-7;1-2;/h5-9H,1-4H3;4-7H,3H2,1-2H3;3-6H,1-2H3;1-2H;1H/q+1;;;-1;. The highest BCUT2D eigenvalue weighted by atomic mass is 35.5. The first-order chi connectivity index (χ1) is 14.2. The minimum absolute atomic E-state index is 0. The van der Waals surface area contributed by atoms with E-state index in [1.807, 2.05) is 0 Å². The zero-order chi connectivity index (χ0) is 23.1. The Balaban J connectivity index is 0. The van der Waals surface area contributed by atoms with Gasteiger partial charge in [0.1, 0.15) is 12.4 Å². The van der Waals surface area contributed by atoms with Crippen LogP contribution in [0.1, 0.15) is 69.0 Å². The van der Waals surface area contributed by atoms with Crippen LogP contribution in [0, 0.1) is 26.2 Å². The molecule has 3 nitrogen and oxygen atoms in total. The van der Waals surface area contributed by atoms with Gasteiger partial charge in [0.05, 0.1) is 12.1 Å². The van der Waals surface area contributed by atoms with Gasteiger partial charge < -0.3 is 12.1 Å². The number of imidazole rings is 1. The van der Waals surface area contributed by atoms with Crippen molar-refractivity contribution < 1.29 is 4.57 Å². The van der Waals surface area contributed by atoms with E-state index in [1.54, 1.807) is 0 Å². The molecule has 0 bridgehead atoms. The van der Waals surface area contributed by atoms with Crippen LogP contribution in [0.3, 0.4) is 0 Å². The van der Waals surface area contributed by atoms with Crippen LogP contribution in [-0.2, 0) is 6.42 Å². The average Bonchev–Trinajstić information content (AvgIpc) is 3.21. The van der Waals surface area contributed by atoms with E-state index in [1.165, 1.54) is 22.3 Å². The van der Waals surface area contributed by atoms with Crippen LogP contribution in [-0.4, -0.2) is 11.3 Å². The number of halogens is 1. The molecule has 1 heterocycles. The molecular weight excluding hydrogens is 402 g/mol. The summed E-state index contributed by atoms with van der Waals surface area (Å²) >= 11 is 0. The lowest BCUT2D eigenvalue weighted by molar-refractivity contribution is -0.715. The van der Waals surface area contributed by atoms with Crippen molar-refractivity contribution in [2.75, 3.05) is 0 Å². The molecule has 0 atom stereocenters. The average molecular weight is 444 g/mol. The minimum atomic E-state index is 0. The first-order valence-corrected chi connectivity index (χ1v) is 10.7. The topological polar surface area (TPSA) is 32.7 Å². The predicted molar refractivity (Wildman–Crippen MR) is 138 cm³/mol. The Hall–Kier alpha value is -2.39. The fraction of sp³-hybridized carbons (Fsp3) is 0.407. The number of hydrogen-bond donors (Lipinski definition) is 1. The molecule has 0 aliphatic carbocycles. The molecule has 0 fully saturated rings. The van der Waals surface area contributed by atoms with E-state index in [2.05, 4.69) is 138 Å². The maximum atomic E-state index is 5.25. The molecule has 172 valence electrons. The Morgan fingerprint density at radius 1 is 0.871 bits per heavy atom. The lowest BCUT2D eigenvalue weighted by Gasteiger charge is -1.99. The smallest absolute Gasteiger partial charge is 0.244 e. The Kier molecular flexibility index (Phi) is 17.2. The summed E-state index contributed by atoms with van der Waals surface area (Å²) in [5.74, 6) is 0. The van der Waals surface area contributed by atoms with Crippen molar-refractivity contribution in [1.82, 2.24) is 4.57 Å². The molecule has 31 heavy (non-hydrogen) atoms. The van der Waals surface area contributed by atoms with E-state index in [4.69, 9.17) is 5.41 Å². The molecule has 1 N–H and O–H groups in total. The third kappa shape index (κ3) is 13.5. The monoisotopic (exact) mass is 443 g/mol. The highest BCUT2D eigenvalue weighted by Gasteiger charge is 2.08. The second-order valence-corrected chi connectivity index (χ2v) is 8.00. The second kappa shape index (κ2) is 17.3. The molecule has 3 rings (SSSR count). The molecule has 0 amide bonds. The molecule has 0 saturated heterocycles. The van der Waals surface area contributed by atoms with E-state index < -0.39 is 0 Å². The van der Waals surface area contributed by atoms with Crippen molar-refractivity contribution in [2.24, 2.45) is 0 Å². The van der Waals surface area contributed by atoms with Gasteiger partial charge in [0.2, 0.25) is 6.33 Å². The second-order valence-electron chi connectivity index (χ2n) is 8.00. The summed E-state index contributed by atoms with van der Waals surface area (Å²) < 4.78 is 4.42. The third-order valence-corrected chi connectivity index (χ3v) is 4.53. The van der Waals surface area contributed by atoms with Crippen molar-refractivity contribution in [3.8, 4) is 0 Å². The summed E-state index contributed by atoms with van der Waals surface area (Å²) in [5, 5.41) is 5.25. The van der Waals surface area contributed by atoms with Gasteiger partial charge in [-0.1, -0.05) is 72.1 Å². The Bertz CT molecular complexity index is 798. The van der Waals surface area contributed by atoms with Gasteiger partial charge in [-0.15, -0.1) is 12.4 Å². The maximum Gasteiger partial charge on any atom is 0.244 e. The molecule has 0 aliphatic rings. The number of rotatable bonds is 3. The molecule has 1 aromatic heterocycles. The number of nitrogens with one attached hydrogen (secondary N) is 1. The van der Waals surface area contributed by atoms with E-state index in [0.717, 1.165) is 6.42 Å². The lowest BCUT2D eigenvalue weighted by Crippen LogP contribution is -2.33. The normalized spacial score (nSPS) is 9.35. The number of aryl methyl sites for hydroxylation is 4. The van der Waals surface area contributed by atoms with Crippen molar-refractivity contribution in [1.29, 1.82) is 5.41 Å². The zero-order valence-electron chi connectivity index (χ0n) is 20.6. The van der Waals surface area contributed by atoms with E-state index in [9.17, 15) is 0 Å². The summed E-state index contributed by atoms with van der Waals surface area (Å²) in [5.41, 5.74) is 5.46. The van der Waals surface area contributed by atoms with Crippen LogP contribution in [0.25, 0.3) is 0 Å². The largest absolute Gasteiger partial charge is 0.522 e. The predicted octanol–water partition coefficient (Wildman–Crippen LogP) is 7.36. The van der Waals surface area contributed by atoms with Gasteiger partial charge in [-0.05, 0) is 60.5 Å². The summed E-state index contributed by atoms with van der Waals surface area (Å²) in [6.07, 6.45) is 7.52. The maximum absolute atomic E-state index is 5.25. The number of aromatic nitrogens is 2.